The minimum Gasteiger partial charge on any atom is -0.495 e. The van der Waals surface area contributed by atoms with Crippen molar-refractivity contribution in [3.8, 4) is 5.75 Å². The van der Waals surface area contributed by atoms with Gasteiger partial charge in [-0.05, 0) is 37.3 Å². The van der Waals surface area contributed by atoms with Crippen molar-refractivity contribution in [3.63, 3.8) is 0 Å². The average molecular weight is 475 g/mol. The molecule has 178 valence electrons. The molecule has 1 fully saturated rings. The van der Waals surface area contributed by atoms with Gasteiger partial charge in [-0.3, -0.25) is 14.5 Å². The number of amides is 2. The lowest BCUT2D eigenvalue weighted by atomic mass is 10.1. The SMILES string of the molecule is COc1ccc(C(=O)N(C)C)cc1NC(=O)CN1CCN(S(=O)(=O)c2ccc(C)cc2)CC1. The van der Waals surface area contributed by atoms with Crippen molar-refractivity contribution >= 4 is 27.5 Å². The van der Waals surface area contributed by atoms with Crippen molar-refractivity contribution < 1.29 is 22.7 Å². The Bertz CT molecular complexity index is 1110. The van der Waals surface area contributed by atoms with Crippen LogP contribution in [-0.2, 0) is 14.8 Å². The molecular formula is C23H30N4O5S. The largest absolute Gasteiger partial charge is 0.495 e. The molecule has 0 saturated carbocycles. The Morgan fingerprint density at radius 1 is 1.03 bits per heavy atom. The molecule has 1 saturated heterocycles. The first kappa shape index (κ1) is 24.7. The number of anilines is 1. The minimum absolute atomic E-state index is 0.105. The quantitative estimate of drug-likeness (QED) is 0.655. The predicted molar refractivity (Wildman–Crippen MR) is 126 cm³/mol. The van der Waals surface area contributed by atoms with Crippen LogP contribution < -0.4 is 10.1 Å². The van der Waals surface area contributed by atoms with E-state index in [-0.39, 0.29) is 23.3 Å². The number of rotatable bonds is 7. The van der Waals surface area contributed by atoms with Gasteiger partial charge in [-0.25, -0.2) is 8.42 Å². The molecule has 0 aliphatic carbocycles. The van der Waals surface area contributed by atoms with Gasteiger partial charge in [0.2, 0.25) is 15.9 Å². The summed E-state index contributed by atoms with van der Waals surface area (Å²) in [6, 6.07) is 11.7. The third kappa shape index (κ3) is 5.89. The van der Waals surface area contributed by atoms with Gasteiger partial charge < -0.3 is 15.0 Å². The molecule has 0 unspecified atom stereocenters. The minimum atomic E-state index is -3.55. The number of benzene rings is 2. The van der Waals surface area contributed by atoms with Crippen LogP contribution in [0, 0.1) is 6.92 Å². The molecule has 1 aliphatic rings. The zero-order valence-electron chi connectivity index (χ0n) is 19.4. The van der Waals surface area contributed by atoms with Gasteiger partial charge in [-0.2, -0.15) is 4.31 Å². The van der Waals surface area contributed by atoms with E-state index in [0.717, 1.165) is 5.56 Å². The van der Waals surface area contributed by atoms with E-state index in [0.29, 0.717) is 43.2 Å². The number of ether oxygens (including phenoxy) is 1. The van der Waals surface area contributed by atoms with Crippen LogP contribution >= 0.6 is 0 Å². The summed E-state index contributed by atoms with van der Waals surface area (Å²) >= 11 is 0. The summed E-state index contributed by atoms with van der Waals surface area (Å²) < 4.78 is 32.5. The van der Waals surface area contributed by atoms with E-state index in [4.69, 9.17) is 4.74 Å². The topological polar surface area (TPSA) is 99.3 Å². The number of hydrogen-bond donors (Lipinski definition) is 1. The molecule has 0 aromatic heterocycles. The lowest BCUT2D eigenvalue weighted by Gasteiger charge is -2.33. The first-order chi connectivity index (χ1) is 15.6. The molecule has 1 heterocycles. The highest BCUT2D eigenvalue weighted by Gasteiger charge is 2.29. The van der Waals surface area contributed by atoms with Gasteiger partial charge in [0.15, 0.2) is 0 Å². The Morgan fingerprint density at radius 3 is 2.24 bits per heavy atom. The van der Waals surface area contributed by atoms with Crippen LogP contribution in [0.1, 0.15) is 15.9 Å². The van der Waals surface area contributed by atoms with E-state index in [1.165, 1.54) is 16.3 Å². The van der Waals surface area contributed by atoms with Crippen molar-refractivity contribution in [2.45, 2.75) is 11.8 Å². The highest BCUT2D eigenvalue weighted by molar-refractivity contribution is 7.89. The zero-order valence-corrected chi connectivity index (χ0v) is 20.2. The smallest absolute Gasteiger partial charge is 0.253 e. The summed E-state index contributed by atoms with van der Waals surface area (Å²) in [6.45, 7) is 3.50. The van der Waals surface area contributed by atoms with Crippen molar-refractivity contribution in [2.24, 2.45) is 0 Å². The molecule has 1 aliphatic heterocycles. The Hall–Kier alpha value is -2.95. The average Bonchev–Trinajstić information content (AvgIpc) is 2.79. The van der Waals surface area contributed by atoms with Gasteiger partial charge in [0.05, 0.1) is 24.2 Å². The normalized spacial score (nSPS) is 15.2. The Labute approximate surface area is 195 Å². The lowest BCUT2D eigenvalue weighted by molar-refractivity contribution is -0.117. The van der Waals surface area contributed by atoms with E-state index in [2.05, 4.69) is 5.32 Å². The number of nitrogens with one attached hydrogen (secondary N) is 1. The number of hydrogen-bond acceptors (Lipinski definition) is 6. The lowest BCUT2D eigenvalue weighted by Crippen LogP contribution is -2.50. The number of aryl methyl sites for hydroxylation is 1. The van der Waals surface area contributed by atoms with Gasteiger partial charge in [0.1, 0.15) is 5.75 Å². The van der Waals surface area contributed by atoms with Gasteiger partial charge >= 0.3 is 0 Å². The Balaban J connectivity index is 1.60. The predicted octanol–water partition coefficient (Wildman–Crippen LogP) is 1.65. The maximum atomic E-state index is 12.9. The molecule has 0 bridgehead atoms. The summed E-state index contributed by atoms with van der Waals surface area (Å²) in [5.74, 6) is 0.00400. The second kappa shape index (κ2) is 10.3. The van der Waals surface area contributed by atoms with E-state index in [1.54, 1.807) is 56.6 Å². The second-order valence-corrected chi connectivity index (χ2v) is 10.1. The van der Waals surface area contributed by atoms with Crippen LogP contribution in [0.25, 0.3) is 0 Å². The summed E-state index contributed by atoms with van der Waals surface area (Å²) in [7, 11) is 1.25. The molecular weight excluding hydrogens is 444 g/mol. The van der Waals surface area contributed by atoms with Crippen molar-refractivity contribution in [2.75, 3.05) is 59.2 Å². The first-order valence-corrected chi connectivity index (χ1v) is 12.0. The van der Waals surface area contributed by atoms with Gasteiger partial charge in [0.25, 0.3) is 5.91 Å². The fraction of sp³-hybridized carbons (Fsp3) is 0.391. The molecule has 0 radical (unpaired) electrons. The van der Waals surface area contributed by atoms with Crippen LogP contribution in [0.15, 0.2) is 47.4 Å². The van der Waals surface area contributed by atoms with Crippen molar-refractivity contribution in [3.05, 3.63) is 53.6 Å². The van der Waals surface area contributed by atoms with Crippen LogP contribution in [0.4, 0.5) is 5.69 Å². The van der Waals surface area contributed by atoms with Gasteiger partial charge in [-0.1, -0.05) is 17.7 Å². The number of nitrogens with zero attached hydrogens (tertiary/aromatic N) is 3. The highest BCUT2D eigenvalue weighted by Crippen LogP contribution is 2.26. The molecule has 10 heteroatoms. The monoisotopic (exact) mass is 474 g/mol. The second-order valence-electron chi connectivity index (χ2n) is 8.16. The maximum absolute atomic E-state index is 12.9. The highest BCUT2D eigenvalue weighted by atomic mass is 32.2. The molecule has 2 aromatic rings. The third-order valence-electron chi connectivity index (χ3n) is 5.48. The van der Waals surface area contributed by atoms with Gasteiger partial charge in [-0.15, -0.1) is 0 Å². The first-order valence-electron chi connectivity index (χ1n) is 10.6. The summed E-state index contributed by atoms with van der Waals surface area (Å²) in [5.41, 5.74) is 1.85. The summed E-state index contributed by atoms with van der Waals surface area (Å²) in [4.78, 5) is 28.5. The number of carbonyl (C=O) groups is 2. The Morgan fingerprint density at radius 2 is 1.67 bits per heavy atom. The van der Waals surface area contributed by atoms with E-state index < -0.39 is 10.0 Å². The van der Waals surface area contributed by atoms with Crippen LogP contribution in [0.5, 0.6) is 5.75 Å². The van der Waals surface area contributed by atoms with Crippen LogP contribution in [0.3, 0.4) is 0 Å². The van der Waals surface area contributed by atoms with Crippen LogP contribution in [-0.4, -0.2) is 88.3 Å². The molecule has 0 atom stereocenters. The molecule has 33 heavy (non-hydrogen) atoms. The van der Waals surface area contributed by atoms with Crippen LogP contribution in [0.2, 0.25) is 0 Å². The maximum Gasteiger partial charge on any atom is 0.253 e. The third-order valence-corrected chi connectivity index (χ3v) is 7.40. The van der Waals surface area contributed by atoms with E-state index >= 15 is 0 Å². The molecule has 2 aromatic carbocycles. The van der Waals surface area contributed by atoms with Crippen molar-refractivity contribution in [1.82, 2.24) is 14.1 Å². The fourth-order valence-electron chi connectivity index (χ4n) is 3.58. The summed E-state index contributed by atoms with van der Waals surface area (Å²) in [6.07, 6.45) is 0. The van der Waals surface area contributed by atoms with Crippen molar-refractivity contribution in [1.29, 1.82) is 0 Å². The number of sulfonamides is 1. The standard InChI is InChI=1S/C23H30N4O5S/c1-17-5-8-19(9-6-17)33(30,31)27-13-11-26(12-14-27)16-22(28)24-20-15-18(23(29)25(2)3)7-10-21(20)32-4/h5-10,15H,11-14,16H2,1-4H3,(H,24,28). The fourth-order valence-corrected chi connectivity index (χ4v) is 5.00. The molecule has 9 nitrogen and oxygen atoms in total. The molecule has 2 amide bonds. The van der Waals surface area contributed by atoms with E-state index in [9.17, 15) is 18.0 Å². The van der Waals surface area contributed by atoms with E-state index in [1.807, 2.05) is 11.8 Å². The number of carbonyl (C=O) groups excluding carboxylic acids is 2. The summed E-state index contributed by atoms with van der Waals surface area (Å²) in [5, 5.41) is 2.81. The molecule has 3 rings (SSSR count). The molecule has 1 N–H and O–H groups in total. The molecule has 0 spiro atoms. The Kier molecular flexibility index (Phi) is 7.72. The van der Waals surface area contributed by atoms with Gasteiger partial charge in [0, 0.05) is 45.8 Å². The number of piperazine rings is 1. The zero-order chi connectivity index (χ0) is 24.2. The number of methoxy groups -OCH3 is 1.